The van der Waals surface area contributed by atoms with Crippen LogP contribution in [0.4, 0.5) is 29.1 Å². The van der Waals surface area contributed by atoms with Gasteiger partial charge in [0.2, 0.25) is 5.95 Å². The standard InChI is InChI=1S/C31H44N12O/c1-21-5-6-22(19-33-25-18-24(39-40-25)31(2,3)4)17-23(21)36-29-27-26(34-20-35-29)28(32)38-30(37-27)43-11-9-41(10-12-43)7-8-42-13-15-44-16-14-42/h5-6,17-18,20H,7-16,19H2,1-4H3,(H2,32,37,38)(H2,33,39,40)(H,34,35,36). The third kappa shape index (κ3) is 7.01. The van der Waals surface area contributed by atoms with Crippen LogP contribution in [0.1, 0.15) is 37.6 Å². The molecule has 44 heavy (non-hydrogen) atoms. The van der Waals surface area contributed by atoms with Crippen LogP contribution in [0.3, 0.4) is 0 Å². The van der Waals surface area contributed by atoms with Crippen molar-refractivity contribution in [1.82, 2.24) is 39.9 Å². The Morgan fingerprint density at radius 3 is 2.41 bits per heavy atom. The molecule has 5 N–H and O–H groups in total. The molecule has 0 bridgehead atoms. The van der Waals surface area contributed by atoms with Crippen LogP contribution in [0.15, 0.2) is 30.6 Å². The molecular formula is C31H44N12O. The van der Waals surface area contributed by atoms with Crippen LogP contribution in [0.25, 0.3) is 11.0 Å². The molecule has 13 heteroatoms. The molecule has 6 rings (SSSR count). The van der Waals surface area contributed by atoms with E-state index >= 15 is 0 Å². The first-order valence-electron chi connectivity index (χ1n) is 15.4. The van der Waals surface area contributed by atoms with Crippen molar-refractivity contribution in [2.75, 3.05) is 86.8 Å². The van der Waals surface area contributed by atoms with Gasteiger partial charge in [-0.1, -0.05) is 32.9 Å². The molecule has 0 amide bonds. The van der Waals surface area contributed by atoms with Crippen molar-refractivity contribution in [3.63, 3.8) is 0 Å². The van der Waals surface area contributed by atoms with Gasteiger partial charge in [-0.25, -0.2) is 15.0 Å². The molecular weight excluding hydrogens is 556 g/mol. The molecule has 2 aliphatic heterocycles. The summed E-state index contributed by atoms with van der Waals surface area (Å²) in [4.78, 5) is 25.7. The molecule has 13 nitrogen and oxygen atoms in total. The van der Waals surface area contributed by atoms with Gasteiger partial charge in [-0.3, -0.25) is 14.9 Å². The lowest BCUT2D eigenvalue weighted by atomic mass is 9.92. The molecule has 0 saturated carbocycles. The second kappa shape index (κ2) is 12.9. The van der Waals surface area contributed by atoms with Gasteiger partial charge in [-0.15, -0.1) is 0 Å². The van der Waals surface area contributed by atoms with E-state index in [0.717, 1.165) is 93.9 Å². The number of ether oxygens (including phenoxy) is 1. The number of fused-ring (bicyclic) bond motifs is 1. The Hall–Kier alpha value is -4.07. The maximum atomic E-state index is 6.42. The Balaban J connectivity index is 1.14. The van der Waals surface area contributed by atoms with E-state index in [1.54, 1.807) is 0 Å². The van der Waals surface area contributed by atoms with E-state index in [9.17, 15) is 0 Å². The number of benzene rings is 1. The van der Waals surface area contributed by atoms with Crippen LogP contribution in [0, 0.1) is 6.92 Å². The summed E-state index contributed by atoms with van der Waals surface area (Å²) >= 11 is 0. The van der Waals surface area contributed by atoms with Crippen molar-refractivity contribution in [3.8, 4) is 0 Å². The summed E-state index contributed by atoms with van der Waals surface area (Å²) in [7, 11) is 0. The van der Waals surface area contributed by atoms with Crippen LogP contribution >= 0.6 is 0 Å². The first-order chi connectivity index (χ1) is 21.2. The average Bonchev–Trinajstić information content (AvgIpc) is 3.52. The van der Waals surface area contributed by atoms with Crippen molar-refractivity contribution in [3.05, 3.63) is 47.4 Å². The van der Waals surface area contributed by atoms with Gasteiger partial charge in [0.15, 0.2) is 11.6 Å². The summed E-state index contributed by atoms with van der Waals surface area (Å²) < 4.78 is 5.48. The number of aromatic nitrogens is 6. The van der Waals surface area contributed by atoms with Crippen molar-refractivity contribution in [1.29, 1.82) is 0 Å². The van der Waals surface area contributed by atoms with E-state index in [-0.39, 0.29) is 5.41 Å². The summed E-state index contributed by atoms with van der Waals surface area (Å²) in [6.45, 7) is 18.6. The molecule has 2 aliphatic rings. The lowest BCUT2D eigenvalue weighted by molar-refractivity contribution is 0.0331. The number of anilines is 5. The van der Waals surface area contributed by atoms with Crippen LogP contribution in [-0.2, 0) is 16.7 Å². The molecule has 0 radical (unpaired) electrons. The minimum atomic E-state index is 0.0124. The summed E-state index contributed by atoms with van der Waals surface area (Å²) in [5, 5.41) is 14.5. The highest BCUT2D eigenvalue weighted by Gasteiger charge is 2.22. The van der Waals surface area contributed by atoms with Crippen molar-refractivity contribution in [2.45, 2.75) is 39.7 Å². The SMILES string of the molecule is Cc1ccc(CNc2cc(C(C)(C)C)[nH]n2)cc1Nc1ncnc2c(N)nc(N3CCN(CCN4CCOCC4)CC3)nc12. The molecule has 0 unspecified atom stereocenters. The Labute approximate surface area is 258 Å². The lowest BCUT2D eigenvalue weighted by Crippen LogP contribution is -2.49. The monoisotopic (exact) mass is 600 g/mol. The summed E-state index contributed by atoms with van der Waals surface area (Å²) in [5.41, 5.74) is 11.8. The number of nitrogens with two attached hydrogens (primary N) is 1. The Kier molecular flexibility index (Phi) is 8.78. The number of H-pyrrole nitrogens is 1. The van der Waals surface area contributed by atoms with Crippen LogP contribution in [0.2, 0.25) is 0 Å². The van der Waals surface area contributed by atoms with Gasteiger partial charge in [-0.2, -0.15) is 10.1 Å². The molecule has 1 aromatic carbocycles. The number of nitrogens with zero attached hydrogens (tertiary/aromatic N) is 8. The lowest BCUT2D eigenvalue weighted by Gasteiger charge is -2.36. The van der Waals surface area contributed by atoms with Crippen molar-refractivity contribution in [2.24, 2.45) is 0 Å². The second-order valence-corrected chi connectivity index (χ2v) is 12.7. The van der Waals surface area contributed by atoms with E-state index in [1.807, 2.05) is 0 Å². The maximum absolute atomic E-state index is 6.42. The van der Waals surface area contributed by atoms with Gasteiger partial charge in [-0.05, 0) is 24.1 Å². The number of hydrogen-bond acceptors (Lipinski definition) is 12. The first kappa shape index (κ1) is 30.0. The minimum Gasteiger partial charge on any atom is -0.382 e. The van der Waals surface area contributed by atoms with Crippen molar-refractivity contribution >= 4 is 40.1 Å². The highest BCUT2D eigenvalue weighted by molar-refractivity contribution is 5.93. The molecule has 4 aromatic rings. The number of piperazine rings is 1. The van der Waals surface area contributed by atoms with E-state index in [2.05, 4.69) is 102 Å². The third-order valence-electron chi connectivity index (χ3n) is 8.40. The predicted octanol–water partition coefficient (Wildman–Crippen LogP) is 3.14. The molecule has 5 heterocycles. The number of nitrogens with one attached hydrogen (secondary N) is 3. The predicted molar refractivity (Wildman–Crippen MR) is 175 cm³/mol. The van der Waals surface area contributed by atoms with Gasteiger partial charge < -0.3 is 26.0 Å². The van der Waals surface area contributed by atoms with E-state index in [4.69, 9.17) is 15.5 Å². The highest BCUT2D eigenvalue weighted by Crippen LogP contribution is 2.29. The Bertz CT molecular complexity index is 1570. The van der Waals surface area contributed by atoms with Gasteiger partial charge >= 0.3 is 0 Å². The fourth-order valence-electron chi connectivity index (χ4n) is 5.50. The normalized spacial score (nSPS) is 16.9. The van der Waals surface area contributed by atoms with Crippen LogP contribution in [-0.4, -0.2) is 106 Å². The highest BCUT2D eigenvalue weighted by atomic mass is 16.5. The molecule has 0 atom stereocenters. The van der Waals surface area contributed by atoms with E-state index < -0.39 is 0 Å². The largest absolute Gasteiger partial charge is 0.382 e. The van der Waals surface area contributed by atoms with Gasteiger partial charge in [0.05, 0.1) is 13.2 Å². The third-order valence-corrected chi connectivity index (χ3v) is 8.40. The van der Waals surface area contributed by atoms with Gasteiger partial charge in [0, 0.05) is 81.8 Å². The molecule has 2 fully saturated rings. The number of aryl methyl sites for hydroxylation is 1. The van der Waals surface area contributed by atoms with Gasteiger partial charge in [0.25, 0.3) is 0 Å². The summed E-state index contributed by atoms with van der Waals surface area (Å²) in [5.74, 6) is 2.40. The number of nitrogen functional groups attached to an aromatic ring is 1. The summed E-state index contributed by atoms with van der Waals surface area (Å²) in [6.07, 6.45) is 1.50. The number of morpholine rings is 1. The van der Waals surface area contributed by atoms with Gasteiger partial charge in [0.1, 0.15) is 23.2 Å². The fourth-order valence-corrected chi connectivity index (χ4v) is 5.50. The zero-order valence-electron chi connectivity index (χ0n) is 26.2. The zero-order valence-corrected chi connectivity index (χ0v) is 26.2. The quantitative estimate of drug-likeness (QED) is 0.224. The summed E-state index contributed by atoms with van der Waals surface area (Å²) in [6, 6.07) is 8.39. The maximum Gasteiger partial charge on any atom is 0.228 e. The first-order valence-corrected chi connectivity index (χ1v) is 15.4. The Morgan fingerprint density at radius 2 is 1.68 bits per heavy atom. The smallest absolute Gasteiger partial charge is 0.228 e. The number of aromatic amines is 1. The number of hydrogen-bond donors (Lipinski definition) is 4. The fraction of sp³-hybridized carbons (Fsp3) is 0.516. The van der Waals surface area contributed by atoms with Crippen LogP contribution < -0.4 is 21.3 Å². The van der Waals surface area contributed by atoms with E-state index in [0.29, 0.717) is 35.2 Å². The molecule has 2 saturated heterocycles. The Morgan fingerprint density at radius 1 is 0.932 bits per heavy atom. The molecule has 234 valence electrons. The van der Waals surface area contributed by atoms with Crippen LogP contribution in [0.5, 0.6) is 0 Å². The second-order valence-electron chi connectivity index (χ2n) is 12.7. The zero-order chi connectivity index (χ0) is 30.7. The molecule has 3 aromatic heterocycles. The minimum absolute atomic E-state index is 0.0124. The topological polar surface area (TPSA) is 149 Å². The van der Waals surface area contributed by atoms with Crippen molar-refractivity contribution < 1.29 is 4.74 Å². The molecule has 0 aliphatic carbocycles. The number of rotatable bonds is 9. The van der Waals surface area contributed by atoms with E-state index in [1.165, 1.54) is 6.33 Å². The average molecular weight is 601 g/mol. The molecule has 0 spiro atoms.